The number of hydrogen-bond acceptors (Lipinski definition) is 1. The number of rotatable bonds is 1. The van der Waals surface area contributed by atoms with Crippen LogP contribution in [-0.2, 0) is 0 Å². The molecule has 0 saturated carbocycles. The summed E-state index contributed by atoms with van der Waals surface area (Å²) < 4.78 is -1.01. The summed E-state index contributed by atoms with van der Waals surface area (Å²) in [6.45, 7) is 0. The van der Waals surface area contributed by atoms with Gasteiger partial charge in [-0.25, -0.2) is 0 Å². The molecule has 0 heterocycles. The van der Waals surface area contributed by atoms with Crippen LogP contribution < -0.4 is 0 Å². The van der Waals surface area contributed by atoms with Gasteiger partial charge in [0.15, 0.2) is 4.51 Å². The van der Waals surface area contributed by atoms with Gasteiger partial charge in [-0.2, -0.15) is 0 Å². The Morgan fingerprint density at radius 3 is 2.53 bits per heavy atom. The quantitative estimate of drug-likeness (QED) is 0.782. The van der Waals surface area contributed by atoms with E-state index >= 15 is 0 Å². The van der Waals surface area contributed by atoms with Crippen LogP contribution in [0.25, 0.3) is 5.57 Å². The molecule has 1 aromatic carbocycles. The molecule has 1 aromatic rings. The van der Waals surface area contributed by atoms with Crippen LogP contribution in [0, 0.1) is 0 Å². The van der Waals surface area contributed by atoms with Crippen molar-refractivity contribution in [3.63, 3.8) is 0 Å². The number of halogens is 2. The van der Waals surface area contributed by atoms with Gasteiger partial charge in [-0.05, 0) is 33.1 Å². The number of aliphatic hydroxyl groups is 1. The summed E-state index contributed by atoms with van der Waals surface area (Å²) in [4.78, 5) is -0.141. The molecule has 1 aliphatic carbocycles. The summed E-state index contributed by atoms with van der Waals surface area (Å²) in [5, 5.41) is 10.0. The van der Waals surface area contributed by atoms with Gasteiger partial charge in [-0.1, -0.05) is 58.4 Å². The van der Waals surface area contributed by atoms with Crippen LogP contribution in [0.2, 0.25) is 0 Å². The highest BCUT2D eigenvalue weighted by molar-refractivity contribution is 9.12. The Balaban J connectivity index is 2.39. The second-order valence-corrected chi connectivity index (χ2v) is 5.62. The van der Waals surface area contributed by atoms with Crippen molar-refractivity contribution in [2.75, 3.05) is 0 Å². The predicted molar refractivity (Wildman–Crippen MR) is 70.2 cm³/mol. The van der Waals surface area contributed by atoms with Crippen molar-refractivity contribution in [3.8, 4) is 0 Å². The van der Waals surface area contributed by atoms with Gasteiger partial charge in [0.25, 0.3) is 0 Å². The molecule has 2 unspecified atom stereocenters. The fourth-order valence-electron chi connectivity index (χ4n) is 1.55. The van der Waals surface area contributed by atoms with E-state index in [1.54, 1.807) is 6.08 Å². The lowest BCUT2D eigenvalue weighted by Gasteiger charge is -2.28. The smallest absolute Gasteiger partial charge is 0.154 e. The van der Waals surface area contributed by atoms with E-state index in [0.717, 1.165) is 11.1 Å². The zero-order chi connectivity index (χ0) is 10.9. The lowest BCUT2D eigenvalue weighted by molar-refractivity contribution is 0.207. The van der Waals surface area contributed by atoms with Crippen molar-refractivity contribution < 1.29 is 5.11 Å². The molecule has 2 atom stereocenters. The Bertz CT molecular complexity index is 407. The highest BCUT2D eigenvalue weighted by atomic mass is 79.9. The molecule has 3 heteroatoms. The first kappa shape index (κ1) is 11.1. The fourth-order valence-corrected chi connectivity index (χ4v) is 2.52. The summed E-state index contributed by atoms with van der Waals surface area (Å²) in [5.74, 6) is 0. The number of allylic oxidation sites excluding steroid dienone is 2. The highest BCUT2D eigenvalue weighted by Crippen LogP contribution is 2.39. The van der Waals surface area contributed by atoms with E-state index in [1.165, 1.54) is 0 Å². The maximum Gasteiger partial charge on any atom is 0.154 e. The van der Waals surface area contributed by atoms with E-state index < -0.39 is 4.51 Å². The van der Waals surface area contributed by atoms with Crippen LogP contribution in [0.3, 0.4) is 0 Å². The number of hydrogen-bond donors (Lipinski definition) is 1. The number of benzene rings is 1. The average Bonchev–Trinajstić information content (AvgIpc) is 2.23. The van der Waals surface area contributed by atoms with Crippen LogP contribution in [0.1, 0.15) is 5.56 Å². The van der Waals surface area contributed by atoms with Crippen LogP contribution in [0.5, 0.6) is 0 Å². The van der Waals surface area contributed by atoms with Crippen LogP contribution in [0.4, 0.5) is 0 Å². The van der Waals surface area contributed by atoms with E-state index in [2.05, 4.69) is 31.9 Å². The normalized spacial score (nSPS) is 30.1. The summed E-state index contributed by atoms with van der Waals surface area (Å²) in [5.41, 5.74) is 2.18. The lowest BCUT2D eigenvalue weighted by atomic mass is 9.96. The van der Waals surface area contributed by atoms with E-state index in [9.17, 15) is 5.11 Å². The summed E-state index contributed by atoms with van der Waals surface area (Å²) in [7, 11) is 0. The van der Waals surface area contributed by atoms with Gasteiger partial charge in [-0.15, -0.1) is 0 Å². The molecule has 1 nitrogen and oxygen atoms in total. The zero-order valence-corrected chi connectivity index (χ0v) is 11.1. The van der Waals surface area contributed by atoms with Crippen LogP contribution in [0.15, 0.2) is 48.6 Å². The second-order valence-electron chi connectivity index (χ2n) is 3.44. The van der Waals surface area contributed by atoms with Crippen LogP contribution in [-0.4, -0.2) is 14.4 Å². The third-order valence-electron chi connectivity index (χ3n) is 2.34. The first-order chi connectivity index (χ1) is 7.11. The Kier molecular flexibility index (Phi) is 3.14. The first-order valence-electron chi connectivity index (χ1n) is 4.61. The Hall–Kier alpha value is -0.380. The van der Waals surface area contributed by atoms with Gasteiger partial charge < -0.3 is 5.11 Å². The zero-order valence-electron chi connectivity index (χ0n) is 7.90. The van der Waals surface area contributed by atoms with Crippen molar-refractivity contribution in [1.82, 2.24) is 0 Å². The molecule has 1 N–H and O–H groups in total. The monoisotopic (exact) mass is 328 g/mol. The number of alkyl halides is 2. The third kappa shape index (κ3) is 2.25. The van der Waals surface area contributed by atoms with Gasteiger partial charge in [0.1, 0.15) is 0 Å². The fraction of sp³-hybridized carbons (Fsp3) is 0.167. The van der Waals surface area contributed by atoms with E-state index in [1.807, 2.05) is 42.5 Å². The largest absolute Gasteiger partial charge is 0.374 e. The van der Waals surface area contributed by atoms with Crippen molar-refractivity contribution in [2.24, 2.45) is 0 Å². The molecule has 0 amide bonds. The minimum atomic E-state index is -1.01. The second kappa shape index (κ2) is 4.24. The molecule has 78 valence electrons. The van der Waals surface area contributed by atoms with Crippen molar-refractivity contribution in [2.45, 2.75) is 9.34 Å². The molecule has 0 bridgehead atoms. The van der Waals surface area contributed by atoms with Gasteiger partial charge >= 0.3 is 0 Å². The Labute approximate surface area is 106 Å². The lowest BCUT2D eigenvalue weighted by Crippen LogP contribution is -2.31. The Morgan fingerprint density at radius 2 is 1.87 bits per heavy atom. The summed E-state index contributed by atoms with van der Waals surface area (Å²) in [6, 6.07) is 10.0. The van der Waals surface area contributed by atoms with Crippen LogP contribution >= 0.6 is 31.9 Å². The average molecular weight is 330 g/mol. The highest BCUT2D eigenvalue weighted by Gasteiger charge is 2.34. The topological polar surface area (TPSA) is 20.2 Å². The molecular weight excluding hydrogens is 320 g/mol. The van der Waals surface area contributed by atoms with Crippen molar-refractivity contribution in [3.05, 3.63) is 54.1 Å². The summed E-state index contributed by atoms with van der Waals surface area (Å²) >= 11 is 6.77. The SMILES string of the molecule is OC1(Br)C=CC=C(c2ccccc2)C1Br. The molecule has 0 saturated heterocycles. The minimum Gasteiger partial charge on any atom is -0.374 e. The third-order valence-corrected chi connectivity index (χ3v) is 4.87. The van der Waals surface area contributed by atoms with Gasteiger partial charge in [0, 0.05) is 0 Å². The molecule has 0 spiro atoms. The van der Waals surface area contributed by atoms with Gasteiger partial charge in [0.05, 0.1) is 4.83 Å². The molecule has 1 aliphatic rings. The first-order valence-corrected chi connectivity index (χ1v) is 6.32. The molecular formula is C12H10Br2O. The molecule has 0 aliphatic heterocycles. The predicted octanol–water partition coefficient (Wildman–Crippen LogP) is 3.49. The molecule has 2 rings (SSSR count). The molecule has 0 fully saturated rings. The van der Waals surface area contributed by atoms with E-state index in [4.69, 9.17) is 0 Å². The summed E-state index contributed by atoms with van der Waals surface area (Å²) in [6.07, 6.45) is 5.58. The maximum absolute atomic E-state index is 10.0. The minimum absolute atomic E-state index is 0.141. The van der Waals surface area contributed by atoms with Gasteiger partial charge in [0.2, 0.25) is 0 Å². The molecule has 0 radical (unpaired) electrons. The molecule has 0 aromatic heterocycles. The Morgan fingerprint density at radius 1 is 1.20 bits per heavy atom. The van der Waals surface area contributed by atoms with Crippen molar-refractivity contribution >= 4 is 37.4 Å². The van der Waals surface area contributed by atoms with Gasteiger partial charge in [-0.3, -0.25) is 0 Å². The van der Waals surface area contributed by atoms with Crippen molar-refractivity contribution in [1.29, 1.82) is 0 Å². The molecule has 15 heavy (non-hydrogen) atoms. The standard InChI is InChI=1S/C12H10Br2O/c13-11-10(7-4-8-12(11,14)15)9-5-2-1-3-6-9/h1-8,11,15H. The van der Waals surface area contributed by atoms with E-state index in [0.29, 0.717) is 0 Å². The van der Waals surface area contributed by atoms with E-state index in [-0.39, 0.29) is 4.83 Å². The maximum atomic E-state index is 10.0.